The van der Waals surface area contributed by atoms with E-state index in [1.165, 1.54) is 0 Å². The average Bonchev–Trinajstić information content (AvgIpc) is 3.26. The lowest BCUT2D eigenvalue weighted by atomic mass is 9.75. The zero-order chi connectivity index (χ0) is 20.4. The van der Waals surface area contributed by atoms with Gasteiger partial charge in [-0.25, -0.2) is 0 Å². The normalized spacial score (nSPS) is 26.2. The maximum atomic E-state index is 12.9. The van der Waals surface area contributed by atoms with Crippen molar-refractivity contribution in [2.45, 2.75) is 18.4 Å². The molecule has 1 aromatic rings. The molecule has 3 fully saturated rings. The molecule has 0 aliphatic carbocycles. The summed E-state index contributed by atoms with van der Waals surface area (Å²) < 4.78 is 10.8. The lowest BCUT2D eigenvalue weighted by Gasteiger charge is -2.46. The van der Waals surface area contributed by atoms with E-state index in [0.29, 0.717) is 31.4 Å². The van der Waals surface area contributed by atoms with Crippen molar-refractivity contribution in [1.29, 1.82) is 0 Å². The molecule has 0 N–H and O–H groups in total. The number of piperidine rings is 1. The summed E-state index contributed by atoms with van der Waals surface area (Å²) in [6.45, 7) is 4.74. The van der Waals surface area contributed by atoms with Crippen molar-refractivity contribution in [2.24, 2.45) is 11.8 Å². The summed E-state index contributed by atoms with van der Waals surface area (Å²) in [5.41, 5.74) is -0.124. The molecule has 0 aromatic heterocycles. The highest BCUT2D eigenvalue weighted by atomic mass is 16.5. The van der Waals surface area contributed by atoms with E-state index in [-0.39, 0.29) is 29.9 Å². The number of carbonyl (C=O) groups excluding carboxylic acids is 2. The molecule has 3 aliphatic heterocycles. The minimum absolute atomic E-state index is 0.0142. The first kappa shape index (κ1) is 20.2. The third-order valence-electron chi connectivity index (χ3n) is 7.10. The second-order valence-electron chi connectivity index (χ2n) is 8.45. The molecule has 3 aliphatic rings. The van der Waals surface area contributed by atoms with Crippen LogP contribution in [0.2, 0.25) is 0 Å². The van der Waals surface area contributed by atoms with E-state index in [2.05, 4.69) is 4.90 Å². The molecule has 1 spiro atoms. The number of hydrogen-bond donors (Lipinski definition) is 0. The highest BCUT2D eigenvalue weighted by Gasteiger charge is 2.60. The quantitative estimate of drug-likeness (QED) is 0.714. The van der Waals surface area contributed by atoms with Gasteiger partial charge in [-0.3, -0.25) is 14.5 Å². The predicted molar refractivity (Wildman–Crippen MR) is 109 cm³/mol. The smallest absolute Gasteiger partial charge is 0.260 e. The van der Waals surface area contributed by atoms with Crippen LogP contribution in [0, 0.1) is 11.8 Å². The van der Waals surface area contributed by atoms with Crippen molar-refractivity contribution in [2.75, 3.05) is 60.1 Å². The maximum absolute atomic E-state index is 12.9. The number of methoxy groups -OCH3 is 1. The largest absolute Gasteiger partial charge is 0.484 e. The van der Waals surface area contributed by atoms with Crippen LogP contribution >= 0.6 is 0 Å². The van der Waals surface area contributed by atoms with Gasteiger partial charge in [0.1, 0.15) is 5.75 Å². The molecule has 7 nitrogen and oxygen atoms in total. The molecule has 2 amide bonds. The fourth-order valence-electron chi connectivity index (χ4n) is 5.40. The van der Waals surface area contributed by atoms with E-state index in [9.17, 15) is 9.59 Å². The molecule has 2 atom stereocenters. The third kappa shape index (κ3) is 3.73. The van der Waals surface area contributed by atoms with Crippen molar-refractivity contribution in [3.63, 3.8) is 0 Å². The Hall–Kier alpha value is -2.12. The Morgan fingerprint density at radius 2 is 1.90 bits per heavy atom. The second-order valence-corrected chi connectivity index (χ2v) is 8.45. The van der Waals surface area contributed by atoms with Gasteiger partial charge in [0.2, 0.25) is 5.91 Å². The lowest BCUT2D eigenvalue weighted by Crippen LogP contribution is -2.57. The summed E-state index contributed by atoms with van der Waals surface area (Å²) in [5, 5.41) is 0. The van der Waals surface area contributed by atoms with Crippen LogP contribution in [0.15, 0.2) is 30.3 Å². The number of benzene rings is 1. The van der Waals surface area contributed by atoms with E-state index < -0.39 is 0 Å². The molecule has 4 rings (SSSR count). The van der Waals surface area contributed by atoms with Gasteiger partial charge in [0.05, 0.1) is 18.1 Å². The van der Waals surface area contributed by atoms with Crippen LogP contribution < -0.4 is 4.74 Å². The number of carbonyl (C=O) groups is 2. The molecule has 158 valence electrons. The van der Waals surface area contributed by atoms with Gasteiger partial charge in [-0.15, -0.1) is 0 Å². The van der Waals surface area contributed by atoms with Crippen LogP contribution in [0.25, 0.3) is 0 Å². The van der Waals surface area contributed by atoms with Gasteiger partial charge >= 0.3 is 0 Å². The molecule has 0 radical (unpaired) electrons. The minimum Gasteiger partial charge on any atom is -0.484 e. The van der Waals surface area contributed by atoms with Crippen LogP contribution in [-0.4, -0.2) is 92.1 Å². The van der Waals surface area contributed by atoms with Crippen molar-refractivity contribution < 1.29 is 19.1 Å². The Labute approximate surface area is 172 Å². The molecule has 29 heavy (non-hydrogen) atoms. The van der Waals surface area contributed by atoms with E-state index in [1.54, 1.807) is 7.11 Å². The van der Waals surface area contributed by atoms with E-state index in [1.807, 2.05) is 47.2 Å². The molecule has 0 unspecified atom stereocenters. The predicted octanol–water partition coefficient (Wildman–Crippen LogP) is 1.09. The molecular formula is C22H31N3O4. The topological polar surface area (TPSA) is 62.3 Å². The number of ether oxygens (including phenoxy) is 2. The van der Waals surface area contributed by atoms with E-state index in [0.717, 1.165) is 32.5 Å². The Morgan fingerprint density at radius 1 is 1.17 bits per heavy atom. The lowest BCUT2D eigenvalue weighted by molar-refractivity contribution is -0.138. The third-order valence-corrected chi connectivity index (χ3v) is 7.10. The summed E-state index contributed by atoms with van der Waals surface area (Å²) in [4.78, 5) is 31.8. The zero-order valence-electron chi connectivity index (χ0n) is 17.4. The molecule has 3 heterocycles. The van der Waals surface area contributed by atoms with Crippen LogP contribution in [0.3, 0.4) is 0 Å². The highest BCUT2D eigenvalue weighted by molar-refractivity contribution is 5.84. The van der Waals surface area contributed by atoms with Gasteiger partial charge in [0.25, 0.3) is 5.91 Å². The average molecular weight is 402 g/mol. The summed E-state index contributed by atoms with van der Waals surface area (Å²) in [6.07, 6.45) is 1.68. The number of fused-ring (bicyclic) bond motifs is 2. The second kappa shape index (κ2) is 8.32. The van der Waals surface area contributed by atoms with Crippen LogP contribution in [0.1, 0.15) is 12.8 Å². The number of amides is 2. The highest BCUT2D eigenvalue weighted by Crippen LogP contribution is 2.48. The Kier molecular flexibility index (Phi) is 5.79. The van der Waals surface area contributed by atoms with Crippen molar-refractivity contribution >= 4 is 11.8 Å². The molecular weight excluding hydrogens is 370 g/mol. The van der Waals surface area contributed by atoms with Gasteiger partial charge in [0, 0.05) is 52.8 Å². The Bertz CT molecular complexity index is 733. The maximum Gasteiger partial charge on any atom is 0.260 e. The number of rotatable bonds is 6. The van der Waals surface area contributed by atoms with Crippen LogP contribution in [0.5, 0.6) is 5.75 Å². The first-order valence-electron chi connectivity index (χ1n) is 10.5. The van der Waals surface area contributed by atoms with Gasteiger partial charge in [-0.1, -0.05) is 18.2 Å². The molecule has 3 saturated heterocycles. The molecule has 0 bridgehead atoms. The fourth-order valence-corrected chi connectivity index (χ4v) is 5.40. The summed E-state index contributed by atoms with van der Waals surface area (Å²) >= 11 is 0. The first-order chi connectivity index (χ1) is 14.0. The van der Waals surface area contributed by atoms with Crippen molar-refractivity contribution in [1.82, 2.24) is 14.7 Å². The first-order valence-corrected chi connectivity index (χ1v) is 10.5. The SMILES string of the molecule is COCCN1C[C@@H]2C(=O)N(C)C3(CCN(C(=O)COc4ccccc4)CC3)[C@@H]2C1. The van der Waals surface area contributed by atoms with E-state index >= 15 is 0 Å². The number of nitrogens with zero attached hydrogens (tertiary/aromatic N) is 3. The van der Waals surface area contributed by atoms with Gasteiger partial charge in [0.15, 0.2) is 6.61 Å². The molecule has 0 saturated carbocycles. The van der Waals surface area contributed by atoms with Gasteiger partial charge in [-0.05, 0) is 25.0 Å². The summed E-state index contributed by atoms with van der Waals surface area (Å²) in [5.74, 6) is 1.41. The monoisotopic (exact) mass is 401 g/mol. The van der Waals surface area contributed by atoms with Gasteiger partial charge in [-0.2, -0.15) is 0 Å². The summed E-state index contributed by atoms with van der Waals surface area (Å²) in [6, 6.07) is 9.42. The molecule has 1 aromatic carbocycles. The van der Waals surface area contributed by atoms with E-state index in [4.69, 9.17) is 9.47 Å². The van der Waals surface area contributed by atoms with Crippen LogP contribution in [0.4, 0.5) is 0 Å². The van der Waals surface area contributed by atoms with Gasteiger partial charge < -0.3 is 19.3 Å². The number of hydrogen-bond acceptors (Lipinski definition) is 5. The number of likely N-dealkylation sites (tertiary alicyclic amines) is 3. The summed E-state index contributed by atoms with van der Waals surface area (Å²) in [7, 11) is 3.67. The zero-order valence-corrected chi connectivity index (χ0v) is 17.4. The van der Waals surface area contributed by atoms with Crippen molar-refractivity contribution in [3.05, 3.63) is 30.3 Å². The van der Waals surface area contributed by atoms with Crippen molar-refractivity contribution in [3.8, 4) is 5.75 Å². The number of para-hydroxylation sites is 1. The standard InChI is InChI=1S/C22H31N3O4/c1-23-21(27)18-14-24(12-13-28-2)15-19(18)22(23)8-10-25(11-9-22)20(26)16-29-17-6-4-3-5-7-17/h3-7,18-19H,8-16H2,1-2H3/t18-,19+/m0/s1. The minimum atomic E-state index is -0.124. The fraction of sp³-hybridized carbons (Fsp3) is 0.636. The Morgan fingerprint density at radius 3 is 2.59 bits per heavy atom. The Balaban J connectivity index is 1.36. The van der Waals surface area contributed by atoms with Crippen LogP contribution in [-0.2, 0) is 14.3 Å². The molecule has 7 heteroatoms.